The van der Waals surface area contributed by atoms with Crippen molar-refractivity contribution in [1.82, 2.24) is 19.4 Å². The van der Waals surface area contributed by atoms with E-state index in [0.717, 1.165) is 42.2 Å². The molecular formula is C21H22N4O. The van der Waals surface area contributed by atoms with E-state index in [1.54, 1.807) is 12.4 Å². The summed E-state index contributed by atoms with van der Waals surface area (Å²) in [5.41, 5.74) is 3.25. The molecule has 132 valence electrons. The zero-order chi connectivity index (χ0) is 17.9. The zero-order valence-corrected chi connectivity index (χ0v) is 14.9. The van der Waals surface area contributed by atoms with Crippen LogP contribution in [-0.2, 0) is 11.2 Å². The molecular weight excluding hydrogens is 324 g/mol. The monoisotopic (exact) mass is 346 g/mol. The van der Waals surface area contributed by atoms with Crippen LogP contribution in [0, 0.1) is 6.92 Å². The number of aryl methyl sites for hydroxylation is 1. The van der Waals surface area contributed by atoms with Gasteiger partial charge < -0.3 is 9.47 Å². The van der Waals surface area contributed by atoms with Crippen LogP contribution in [0.15, 0.2) is 61.1 Å². The number of carbonyl (C=O) groups excluding carboxylic acids is 1. The number of hydrogen-bond acceptors (Lipinski definition) is 3. The van der Waals surface area contributed by atoms with Crippen molar-refractivity contribution >= 4 is 5.91 Å². The lowest BCUT2D eigenvalue weighted by molar-refractivity contribution is -0.129. The first-order chi connectivity index (χ1) is 12.7. The SMILES string of the molecule is Cc1cnc(-c2ccncc2)n1C1CCN(C(=O)Cc2ccccc2)C1. The Bertz CT molecular complexity index is 889. The van der Waals surface area contributed by atoms with Gasteiger partial charge in [0.05, 0.1) is 12.5 Å². The third kappa shape index (κ3) is 3.25. The Morgan fingerprint density at radius 3 is 2.69 bits per heavy atom. The lowest BCUT2D eigenvalue weighted by atomic mass is 10.1. The van der Waals surface area contributed by atoms with Gasteiger partial charge in [-0.2, -0.15) is 0 Å². The van der Waals surface area contributed by atoms with Crippen molar-refractivity contribution < 1.29 is 4.79 Å². The number of imidazole rings is 1. The fourth-order valence-electron chi connectivity index (χ4n) is 3.68. The fraction of sp³-hybridized carbons (Fsp3) is 0.286. The molecule has 1 unspecified atom stereocenters. The summed E-state index contributed by atoms with van der Waals surface area (Å²) in [5, 5.41) is 0. The van der Waals surface area contributed by atoms with Gasteiger partial charge in [0.25, 0.3) is 0 Å². The van der Waals surface area contributed by atoms with Crippen molar-refractivity contribution in [2.75, 3.05) is 13.1 Å². The summed E-state index contributed by atoms with van der Waals surface area (Å²) >= 11 is 0. The molecule has 0 saturated carbocycles. The lowest BCUT2D eigenvalue weighted by Gasteiger charge is -2.20. The van der Waals surface area contributed by atoms with Crippen LogP contribution in [0.5, 0.6) is 0 Å². The van der Waals surface area contributed by atoms with Crippen molar-refractivity contribution in [2.24, 2.45) is 0 Å². The summed E-state index contributed by atoms with van der Waals surface area (Å²) in [7, 11) is 0. The highest BCUT2D eigenvalue weighted by molar-refractivity contribution is 5.79. The molecule has 3 heterocycles. The molecule has 0 bridgehead atoms. The standard InChI is InChI=1S/C21H22N4O/c1-16-14-23-21(18-7-10-22-11-8-18)25(16)19-9-12-24(15-19)20(26)13-17-5-3-2-4-6-17/h2-8,10-11,14,19H,9,12-13,15H2,1H3. The second kappa shape index (κ2) is 7.12. The predicted molar refractivity (Wildman–Crippen MR) is 101 cm³/mol. The molecule has 3 aromatic rings. The Morgan fingerprint density at radius 2 is 1.92 bits per heavy atom. The van der Waals surface area contributed by atoms with Crippen LogP contribution >= 0.6 is 0 Å². The number of aromatic nitrogens is 3. The second-order valence-corrected chi connectivity index (χ2v) is 6.77. The number of amides is 1. The van der Waals surface area contributed by atoms with E-state index in [1.807, 2.05) is 53.6 Å². The maximum atomic E-state index is 12.7. The van der Waals surface area contributed by atoms with Gasteiger partial charge in [0, 0.05) is 42.9 Å². The maximum Gasteiger partial charge on any atom is 0.227 e. The Hall–Kier alpha value is -2.95. The number of nitrogens with zero attached hydrogens (tertiary/aromatic N) is 4. The van der Waals surface area contributed by atoms with Gasteiger partial charge in [0.2, 0.25) is 5.91 Å². The van der Waals surface area contributed by atoms with E-state index in [2.05, 4.69) is 21.5 Å². The molecule has 1 aromatic carbocycles. The highest BCUT2D eigenvalue weighted by atomic mass is 16.2. The molecule has 2 aromatic heterocycles. The van der Waals surface area contributed by atoms with E-state index in [9.17, 15) is 4.79 Å². The summed E-state index contributed by atoms with van der Waals surface area (Å²) in [4.78, 5) is 23.3. The minimum absolute atomic E-state index is 0.196. The van der Waals surface area contributed by atoms with E-state index in [-0.39, 0.29) is 11.9 Å². The van der Waals surface area contributed by atoms with Crippen LogP contribution in [0.4, 0.5) is 0 Å². The molecule has 1 amide bonds. The zero-order valence-electron chi connectivity index (χ0n) is 14.9. The molecule has 1 fully saturated rings. The first-order valence-electron chi connectivity index (χ1n) is 8.98. The minimum atomic E-state index is 0.196. The molecule has 5 heteroatoms. The van der Waals surface area contributed by atoms with E-state index in [0.29, 0.717) is 6.42 Å². The van der Waals surface area contributed by atoms with E-state index in [1.165, 1.54) is 0 Å². The van der Waals surface area contributed by atoms with E-state index < -0.39 is 0 Å². The van der Waals surface area contributed by atoms with Gasteiger partial charge in [-0.3, -0.25) is 9.78 Å². The molecule has 1 atom stereocenters. The average Bonchev–Trinajstić information content (AvgIpc) is 3.30. The molecule has 1 aliphatic rings. The number of likely N-dealkylation sites (tertiary alicyclic amines) is 1. The summed E-state index contributed by atoms with van der Waals surface area (Å²) in [6.45, 7) is 3.61. The fourth-order valence-corrected chi connectivity index (χ4v) is 3.68. The Balaban J connectivity index is 1.51. The number of pyridine rings is 1. The average molecular weight is 346 g/mol. The van der Waals surface area contributed by atoms with Crippen LogP contribution in [-0.4, -0.2) is 38.4 Å². The molecule has 1 saturated heterocycles. The van der Waals surface area contributed by atoms with Crippen LogP contribution in [0.2, 0.25) is 0 Å². The quantitative estimate of drug-likeness (QED) is 0.728. The Labute approximate surface area is 153 Å². The maximum absolute atomic E-state index is 12.7. The minimum Gasteiger partial charge on any atom is -0.340 e. The third-order valence-corrected chi connectivity index (χ3v) is 5.00. The lowest BCUT2D eigenvalue weighted by Crippen LogP contribution is -2.30. The van der Waals surface area contributed by atoms with Crippen molar-refractivity contribution in [3.05, 3.63) is 72.3 Å². The van der Waals surface area contributed by atoms with Crippen molar-refractivity contribution in [2.45, 2.75) is 25.8 Å². The normalized spacial score (nSPS) is 16.8. The summed E-state index contributed by atoms with van der Waals surface area (Å²) in [6, 6.07) is 14.2. The van der Waals surface area contributed by atoms with E-state index >= 15 is 0 Å². The highest BCUT2D eigenvalue weighted by Crippen LogP contribution is 2.29. The highest BCUT2D eigenvalue weighted by Gasteiger charge is 2.29. The first kappa shape index (κ1) is 16.5. The molecule has 0 N–H and O–H groups in total. The molecule has 4 rings (SSSR count). The molecule has 5 nitrogen and oxygen atoms in total. The number of carbonyl (C=O) groups is 1. The Morgan fingerprint density at radius 1 is 1.15 bits per heavy atom. The van der Waals surface area contributed by atoms with Crippen molar-refractivity contribution in [1.29, 1.82) is 0 Å². The molecule has 0 aliphatic carbocycles. The van der Waals surface area contributed by atoms with Gasteiger partial charge in [0.15, 0.2) is 0 Å². The number of hydrogen-bond donors (Lipinski definition) is 0. The molecule has 0 spiro atoms. The van der Waals surface area contributed by atoms with Crippen LogP contribution in [0.3, 0.4) is 0 Å². The molecule has 1 aliphatic heterocycles. The third-order valence-electron chi connectivity index (χ3n) is 5.00. The summed E-state index contributed by atoms with van der Waals surface area (Å²) < 4.78 is 2.27. The molecule has 26 heavy (non-hydrogen) atoms. The largest absolute Gasteiger partial charge is 0.340 e. The van der Waals surface area contributed by atoms with Crippen molar-refractivity contribution in [3.8, 4) is 11.4 Å². The van der Waals surface area contributed by atoms with Gasteiger partial charge in [-0.15, -0.1) is 0 Å². The van der Waals surface area contributed by atoms with Gasteiger partial charge in [-0.05, 0) is 31.0 Å². The molecule has 0 radical (unpaired) electrons. The summed E-state index contributed by atoms with van der Waals surface area (Å²) in [6.07, 6.45) is 6.90. The smallest absolute Gasteiger partial charge is 0.227 e. The van der Waals surface area contributed by atoms with Crippen LogP contribution in [0.25, 0.3) is 11.4 Å². The van der Waals surface area contributed by atoms with Crippen molar-refractivity contribution in [3.63, 3.8) is 0 Å². The Kier molecular flexibility index (Phi) is 4.52. The number of benzene rings is 1. The topological polar surface area (TPSA) is 51.0 Å². The van der Waals surface area contributed by atoms with Gasteiger partial charge >= 0.3 is 0 Å². The summed E-state index contributed by atoms with van der Waals surface area (Å²) in [5.74, 6) is 1.15. The van der Waals surface area contributed by atoms with Gasteiger partial charge in [0.1, 0.15) is 5.82 Å². The second-order valence-electron chi connectivity index (χ2n) is 6.77. The number of rotatable bonds is 4. The van der Waals surface area contributed by atoms with Crippen LogP contribution < -0.4 is 0 Å². The van der Waals surface area contributed by atoms with Crippen LogP contribution in [0.1, 0.15) is 23.7 Å². The first-order valence-corrected chi connectivity index (χ1v) is 8.98. The predicted octanol–water partition coefficient (Wildman–Crippen LogP) is 3.27. The van der Waals surface area contributed by atoms with Gasteiger partial charge in [-0.1, -0.05) is 30.3 Å². The van der Waals surface area contributed by atoms with E-state index in [4.69, 9.17) is 0 Å². The van der Waals surface area contributed by atoms with Gasteiger partial charge in [-0.25, -0.2) is 4.98 Å².